The summed E-state index contributed by atoms with van der Waals surface area (Å²) >= 11 is 0. The number of carboxylic acid groups (broad SMARTS) is 1. The number of carbonyl (C=O) groups is 2. The summed E-state index contributed by atoms with van der Waals surface area (Å²) in [4.78, 5) is 24.2. The first-order valence-corrected chi connectivity index (χ1v) is 6.22. The Hall–Kier alpha value is -1.39. The molecule has 4 nitrogen and oxygen atoms in total. The molecule has 1 aliphatic heterocycles. The predicted molar refractivity (Wildman–Crippen MR) is 63.5 cm³/mol. The molecule has 1 unspecified atom stereocenters. The van der Waals surface area contributed by atoms with E-state index in [1.807, 2.05) is 0 Å². The van der Waals surface area contributed by atoms with Crippen LogP contribution < -0.4 is 0 Å². The van der Waals surface area contributed by atoms with E-state index in [9.17, 15) is 14.0 Å². The molecule has 0 aromatic carbocycles. The van der Waals surface area contributed by atoms with Gasteiger partial charge in [-0.2, -0.15) is 0 Å². The second kappa shape index (κ2) is 4.37. The Labute approximate surface area is 105 Å². The molecule has 5 heteroatoms. The van der Waals surface area contributed by atoms with E-state index in [4.69, 9.17) is 5.11 Å². The quantitative estimate of drug-likeness (QED) is 0.767. The van der Waals surface area contributed by atoms with Gasteiger partial charge in [0.15, 0.2) is 5.83 Å². The SMILES string of the molecule is CC(C)=C(F)C(=O)N1CCC2(CC1)CC2C(=O)O. The van der Waals surface area contributed by atoms with Gasteiger partial charge in [-0.1, -0.05) is 0 Å². The Morgan fingerprint density at radius 3 is 2.22 bits per heavy atom. The van der Waals surface area contributed by atoms with E-state index in [0.29, 0.717) is 37.9 Å². The fourth-order valence-corrected chi connectivity index (χ4v) is 2.76. The molecule has 18 heavy (non-hydrogen) atoms. The maximum Gasteiger partial charge on any atom is 0.307 e. The third kappa shape index (κ3) is 2.13. The summed E-state index contributed by atoms with van der Waals surface area (Å²) < 4.78 is 13.5. The molecular formula is C13H18FNO3. The molecule has 1 heterocycles. The predicted octanol–water partition coefficient (Wildman–Crippen LogP) is 1.96. The summed E-state index contributed by atoms with van der Waals surface area (Å²) in [5, 5.41) is 8.96. The summed E-state index contributed by atoms with van der Waals surface area (Å²) in [6.45, 7) is 4.06. The molecule has 0 aromatic heterocycles. The fraction of sp³-hybridized carbons (Fsp3) is 0.692. The van der Waals surface area contributed by atoms with Crippen LogP contribution in [0.4, 0.5) is 4.39 Å². The van der Waals surface area contributed by atoms with Crippen molar-refractivity contribution in [3.8, 4) is 0 Å². The van der Waals surface area contributed by atoms with Crippen LogP contribution in [0.5, 0.6) is 0 Å². The number of carboxylic acids is 1. The number of hydrogen-bond donors (Lipinski definition) is 1. The van der Waals surface area contributed by atoms with Gasteiger partial charge in [0.25, 0.3) is 5.91 Å². The smallest absolute Gasteiger partial charge is 0.307 e. The highest BCUT2D eigenvalue weighted by molar-refractivity contribution is 5.92. The van der Waals surface area contributed by atoms with E-state index >= 15 is 0 Å². The Bertz CT molecular complexity index is 418. The van der Waals surface area contributed by atoms with Crippen LogP contribution in [0, 0.1) is 11.3 Å². The van der Waals surface area contributed by atoms with E-state index in [1.165, 1.54) is 4.90 Å². The van der Waals surface area contributed by atoms with Crippen molar-refractivity contribution in [1.29, 1.82) is 0 Å². The zero-order valence-corrected chi connectivity index (χ0v) is 10.7. The van der Waals surface area contributed by atoms with Crippen molar-refractivity contribution in [1.82, 2.24) is 4.90 Å². The minimum atomic E-state index is -0.745. The van der Waals surface area contributed by atoms with Crippen LogP contribution in [0.25, 0.3) is 0 Å². The molecule has 2 aliphatic rings. The van der Waals surface area contributed by atoms with Gasteiger partial charge in [-0.05, 0) is 44.1 Å². The minimum Gasteiger partial charge on any atom is -0.481 e. The number of amides is 1. The van der Waals surface area contributed by atoms with Crippen LogP contribution in [0.2, 0.25) is 0 Å². The van der Waals surface area contributed by atoms with Gasteiger partial charge >= 0.3 is 5.97 Å². The Balaban J connectivity index is 1.94. The number of rotatable bonds is 2. The van der Waals surface area contributed by atoms with Gasteiger partial charge in [0.1, 0.15) is 0 Å². The maximum atomic E-state index is 13.5. The van der Waals surface area contributed by atoms with Gasteiger partial charge in [0, 0.05) is 13.1 Å². The second-order valence-corrected chi connectivity index (χ2v) is 5.56. The van der Waals surface area contributed by atoms with Crippen molar-refractivity contribution in [2.45, 2.75) is 33.1 Å². The molecule has 1 saturated heterocycles. The van der Waals surface area contributed by atoms with Crippen LogP contribution in [0.15, 0.2) is 11.4 Å². The average Bonchev–Trinajstić information content (AvgIpc) is 3.02. The highest BCUT2D eigenvalue weighted by Gasteiger charge is 2.59. The number of halogens is 1. The summed E-state index contributed by atoms with van der Waals surface area (Å²) in [6.07, 6.45) is 2.05. The zero-order chi connectivity index (χ0) is 13.5. The largest absolute Gasteiger partial charge is 0.481 e. The second-order valence-electron chi connectivity index (χ2n) is 5.56. The van der Waals surface area contributed by atoms with E-state index in [-0.39, 0.29) is 11.3 Å². The Morgan fingerprint density at radius 1 is 1.28 bits per heavy atom. The van der Waals surface area contributed by atoms with Gasteiger partial charge < -0.3 is 10.0 Å². The average molecular weight is 255 g/mol. The Morgan fingerprint density at radius 2 is 1.83 bits per heavy atom. The number of carbonyl (C=O) groups excluding carboxylic acids is 1. The molecule has 2 fully saturated rings. The van der Waals surface area contributed by atoms with Crippen LogP contribution in [0.1, 0.15) is 33.1 Å². The van der Waals surface area contributed by atoms with Crippen molar-refractivity contribution < 1.29 is 19.1 Å². The molecule has 100 valence electrons. The first kappa shape index (κ1) is 13.1. The lowest BCUT2D eigenvalue weighted by atomic mass is 9.90. The lowest BCUT2D eigenvalue weighted by Gasteiger charge is -2.32. The van der Waals surface area contributed by atoms with Crippen molar-refractivity contribution in [3.63, 3.8) is 0 Å². The number of likely N-dealkylation sites (tertiary alicyclic amines) is 1. The van der Waals surface area contributed by atoms with Gasteiger partial charge in [0.05, 0.1) is 5.92 Å². The molecule has 1 aliphatic carbocycles. The zero-order valence-electron chi connectivity index (χ0n) is 10.7. The first-order chi connectivity index (χ1) is 8.37. The topological polar surface area (TPSA) is 57.6 Å². The number of hydrogen-bond acceptors (Lipinski definition) is 2. The third-order valence-corrected chi connectivity index (χ3v) is 4.16. The Kier molecular flexibility index (Phi) is 3.17. The van der Waals surface area contributed by atoms with Gasteiger partial charge in [-0.3, -0.25) is 9.59 Å². The number of allylic oxidation sites excluding steroid dienone is 1. The highest BCUT2D eigenvalue weighted by Crippen LogP contribution is 2.59. The van der Waals surface area contributed by atoms with Gasteiger partial charge in [-0.15, -0.1) is 0 Å². The standard InChI is InChI=1S/C13H18FNO3/c1-8(2)10(14)11(16)15-5-3-13(4-6-15)7-9(13)12(17)18/h9H,3-7H2,1-2H3,(H,17,18). The third-order valence-electron chi connectivity index (χ3n) is 4.16. The number of aliphatic carboxylic acids is 1. The van der Waals surface area contributed by atoms with Crippen LogP contribution in [-0.2, 0) is 9.59 Å². The molecule has 1 saturated carbocycles. The van der Waals surface area contributed by atoms with E-state index in [1.54, 1.807) is 13.8 Å². The molecule has 1 amide bonds. The van der Waals surface area contributed by atoms with E-state index in [2.05, 4.69) is 0 Å². The number of nitrogens with zero attached hydrogens (tertiary/aromatic N) is 1. The van der Waals surface area contributed by atoms with E-state index in [0.717, 1.165) is 0 Å². The molecule has 0 bridgehead atoms. The van der Waals surface area contributed by atoms with Crippen LogP contribution in [-0.4, -0.2) is 35.0 Å². The molecule has 1 N–H and O–H groups in total. The first-order valence-electron chi connectivity index (χ1n) is 6.22. The van der Waals surface area contributed by atoms with Crippen LogP contribution in [0.3, 0.4) is 0 Å². The molecule has 0 radical (unpaired) electrons. The van der Waals surface area contributed by atoms with Crippen molar-refractivity contribution >= 4 is 11.9 Å². The summed E-state index contributed by atoms with van der Waals surface area (Å²) in [5.74, 6) is -2.25. The minimum absolute atomic E-state index is 0.121. The lowest BCUT2D eigenvalue weighted by Crippen LogP contribution is -2.40. The van der Waals surface area contributed by atoms with Gasteiger partial charge in [0.2, 0.25) is 0 Å². The van der Waals surface area contributed by atoms with Crippen molar-refractivity contribution in [2.75, 3.05) is 13.1 Å². The molecule has 2 rings (SSSR count). The van der Waals surface area contributed by atoms with Crippen molar-refractivity contribution in [2.24, 2.45) is 11.3 Å². The lowest BCUT2D eigenvalue weighted by molar-refractivity contribution is -0.139. The maximum absolute atomic E-state index is 13.5. The van der Waals surface area contributed by atoms with Crippen LogP contribution >= 0.6 is 0 Å². The molecule has 1 spiro atoms. The molecule has 1 atom stereocenters. The molecular weight excluding hydrogens is 237 g/mol. The monoisotopic (exact) mass is 255 g/mol. The van der Waals surface area contributed by atoms with Gasteiger partial charge in [-0.25, -0.2) is 4.39 Å². The normalized spacial score (nSPS) is 24.8. The summed E-state index contributed by atoms with van der Waals surface area (Å²) in [5.41, 5.74) is 0.263. The van der Waals surface area contributed by atoms with E-state index < -0.39 is 17.7 Å². The fourth-order valence-electron chi connectivity index (χ4n) is 2.76. The summed E-state index contributed by atoms with van der Waals surface area (Å²) in [7, 11) is 0. The number of piperidine rings is 1. The highest BCUT2D eigenvalue weighted by atomic mass is 19.1. The molecule has 0 aromatic rings. The van der Waals surface area contributed by atoms with Crippen molar-refractivity contribution in [3.05, 3.63) is 11.4 Å². The summed E-state index contributed by atoms with van der Waals surface area (Å²) in [6, 6.07) is 0.